The highest BCUT2D eigenvalue weighted by atomic mass is 79.9. The molecule has 0 aromatic carbocycles. The van der Waals surface area contributed by atoms with Crippen molar-refractivity contribution in [2.45, 2.75) is 17.7 Å². The number of alkyl halides is 5. The normalized spacial score (nSPS) is 13.9. The molecule has 0 N–H and O–H groups in total. The van der Waals surface area contributed by atoms with E-state index in [0.717, 1.165) is 0 Å². The topological polar surface area (TPSA) is 26.3 Å². The van der Waals surface area contributed by atoms with Gasteiger partial charge in [-0.3, -0.25) is 0 Å². The van der Waals surface area contributed by atoms with Crippen LogP contribution in [0.25, 0.3) is 0 Å². The van der Waals surface area contributed by atoms with Gasteiger partial charge in [-0.25, -0.2) is 9.18 Å². The molecule has 0 radical (unpaired) electrons. The molecule has 0 spiro atoms. The summed E-state index contributed by atoms with van der Waals surface area (Å²) in [6, 6.07) is 0. The highest BCUT2D eigenvalue weighted by Crippen LogP contribution is 2.44. The number of carbonyl (C=O) groups is 1. The first kappa shape index (κ1) is 14.3. The fourth-order valence-corrected chi connectivity index (χ4v) is 0.703. The van der Waals surface area contributed by atoms with Crippen LogP contribution in [-0.2, 0) is 9.53 Å². The molecule has 0 atom stereocenters. The van der Waals surface area contributed by atoms with E-state index in [4.69, 9.17) is 0 Å². The summed E-state index contributed by atoms with van der Waals surface area (Å²) < 4.78 is 65.8. The largest absolute Gasteiger partial charge is 0.463 e. The first-order chi connectivity index (χ1) is 6.63. The number of hydrogen-bond acceptors (Lipinski definition) is 2. The van der Waals surface area contributed by atoms with Gasteiger partial charge in [0.1, 0.15) is 0 Å². The van der Waals surface area contributed by atoms with Gasteiger partial charge in [0.05, 0.1) is 12.7 Å². The average molecular weight is 297 g/mol. The first-order valence-electron chi connectivity index (χ1n) is 3.62. The molecule has 15 heavy (non-hydrogen) atoms. The van der Waals surface area contributed by atoms with Crippen molar-refractivity contribution in [2.75, 3.05) is 6.61 Å². The van der Waals surface area contributed by atoms with Crippen LogP contribution in [0.15, 0.2) is 11.9 Å². The van der Waals surface area contributed by atoms with Crippen molar-refractivity contribution in [1.82, 2.24) is 0 Å². The van der Waals surface area contributed by atoms with Crippen molar-refractivity contribution in [1.29, 1.82) is 0 Å². The van der Waals surface area contributed by atoms with Crippen molar-refractivity contribution in [3.05, 3.63) is 11.9 Å². The van der Waals surface area contributed by atoms with Gasteiger partial charge in [0.15, 0.2) is 5.83 Å². The average Bonchev–Trinajstić information content (AvgIpc) is 2.02. The first-order valence-corrected chi connectivity index (χ1v) is 4.41. The van der Waals surface area contributed by atoms with E-state index in [1.807, 2.05) is 0 Å². The Hall–Kier alpha value is -0.660. The van der Waals surface area contributed by atoms with Gasteiger partial charge in [-0.1, -0.05) is 0 Å². The second kappa shape index (κ2) is 4.91. The molecule has 0 aromatic heterocycles. The van der Waals surface area contributed by atoms with Crippen LogP contribution in [0, 0.1) is 0 Å². The Morgan fingerprint density at radius 3 is 2.20 bits per heavy atom. The highest BCUT2D eigenvalue weighted by Gasteiger charge is 2.58. The summed E-state index contributed by atoms with van der Waals surface area (Å²) in [5.74, 6) is -9.12. The van der Waals surface area contributed by atoms with E-state index >= 15 is 0 Å². The molecule has 0 aliphatic rings. The van der Waals surface area contributed by atoms with Crippen LogP contribution >= 0.6 is 15.9 Å². The molecule has 8 heteroatoms. The molecule has 0 bridgehead atoms. The third-order valence-electron chi connectivity index (χ3n) is 1.19. The fourth-order valence-electron chi connectivity index (χ4n) is 0.513. The molecule has 0 saturated heterocycles. The van der Waals surface area contributed by atoms with Gasteiger partial charge < -0.3 is 4.74 Å². The third-order valence-corrected chi connectivity index (χ3v) is 1.69. The minimum Gasteiger partial charge on any atom is -0.463 e. The van der Waals surface area contributed by atoms with Crippen molar-refractivity contribution in [3.63, 3.8) is 0 Å². The zero-order valence-corrected chi connectivity index (χ0v) is 8.95. The van der Waals surface area contributed by atoms with Crippen molar-refractivity contribution in [2.24, 2.45) is 0 Å². The van der Waals surface area contributed by atoms with Gasteiger partial charge in [-0.15, -0.1) is 0 Å². The van der Waals surface area contributed by atoms with Crippen molar-refractivity contribution in [3.8, 4) is 0 Å². The minimum absolute atomic E-state index is 0.182. The summed E-state index contributed by atoms with van der Waals surface area (Å²) in [6.07, 6.45) is -0.321. The Morgan fingerprint density at radius 2 is 1.87 bits per heavy atom. The number of carbonyl (C=O) groups excluding carboxylic acids is 1. The maximum Gasteiger partial charge on any atom is 0.371 e. The quantitative estimate of drug-likeness (QED) is 0.345. The van der Waals surface area contributed by atoms with E-state index < -0.39 is 22.6 Å². The molecule has 0 fully saturated rings. The van der Waals surface area contributed by atoms with E-state index in [9.17, 15) is 26.7 Å². The molecule has 0 aliphatic carbocycles. The molecule has 0 aromatic rings. The predicted molar refractivity (Wildman–Crippen MR) is 44.6 cm³/mol. The lowest BCUT2D eigenvalue weighted by Crippen LogP contribution is -2.36. The van der Waals surface area contributed by atoms with E-state index in [0.29, 0.717) is 0 Å². The zero-order chi connectivity index (χ0) is 12.3. The number of ether oxygens (including phenoxy) is 1. The maximum atomic E-state index is 12.6. The molecule has 0 saturated carbocycles. The number of halogens is 6. The molecule has 0 unspecified atom stereocenters. The van der Waals surface area contributed by atoms with Gasteiger partial charge in [0, 0.05) is 0 Å². The van der Waals surface area contributed by atoms with Crippen LogP contribution in [0.2, 0.25) is 0 Å². The smallest absolute Gasteiger partial charge is 0.371 e. The van der Waals surface area contributed by atoms with Crippen molar-refractivity contribution >= 4 is 21.9 Å². The summed E-state index contributed by atoms with van der Waals surface area (Å²) in [4.78, 5) is 5.72. The predicted octanol–water partition coefficient (Wildman–Crippen LogP) is 3.03. The van der Waals surface area contributed by atoms with Crippen LogP contribution in [0.4, 0.5) is 22.0 Å². The summed E-state index contributed by atoms with van der Waals surface area (Å²) in [5, 5.41) is 0. The molecule has 0 amide bonds. The Balaban J connectivity index is 4.84. The summed E-state index contributed by atoms with van der Waals surface area (Å²) >= 11 is 1.31. The number of rotatable bonds is 4. The van der Waals surface area contributed by atoms with Crippen LogP contribution in [-0.4, -0.2) is 23.3 Å². The fraction of sp³-hybridized carbons (Fsp3) is 0.571. The monoisotopic (exact) mass is 296 g/mol. The Bertz CT molecular complexity index is 271. The van der Waals surface area contributed by atoms with Gasteiger partial charge >= 0.3 is 16.7 Å². The second-order valence-electron chi connectivity index (χ2n) is 2.32. The molecule has 0 heterocycles. The number of hydrogen-bond donors (Lipinski definition) is 0. The highest BCUT2D eigenvalue weighted by molar-refractivity contribution is 9.10. The SMILES string of the molecule is CCOC(=O)C=C(F)C(F)(F)C(F)(F)Br. The summed E-state index contributed by atoms with van der Waals surface area (Å²) in [5.41, 5.74) is 0. The molecular weight excluding hydrogens is 291 g/mol. The lowest BCUT2D eigenvalue weighted by molar-refractivity contribution is -0.141. The molecule has 0 aliphatic heterocycles. The Morgan fingerprint density at radius 1 is 1.40 bits per heavy atom. The number of esters is 1. The van der Waals surface area contributed by atoms with Gasteiger partial charge in [-0.2, -0.15) is 17.6 Å². The minimum atomic E-state index is -5.10. The van der Waals surface area contributed by atoms with Gasteiger partial charge in [0.2, 0.25) is 0 Å². The lowest BCUT2D eigenvalue weighted by Gasteiger charge is -2.19. The van der Waals surface area contributed by atoms with Gasteiger partial charge in [-0.05, 0) is 22.9 Å². The molecule has 2 nitrogen and oxygen atoms in total. The zero-order valence-electron chi connectivity index (χ0n) is 7.37. The van der Waals surface area contributed by atoms with E-state index in [1.54, 1.807) is 0 Å². The van der Waals surface area contributed by atoms with Crippen LogP contribution in [0.1, 0.15) is 6.92 Å². The van der Waals surface area contributed by atoms with Gasteiger partial charge in [0.25, 0.3) is 0 Å². The van der Waals surface area contributed by atoms with Crippen LogP contribution in [0.3, 0.4) is 0 Å². The lowest BCUT2D eigenvalue weighted by atomic mass is 10.3. The van der Waals surface area contributed by atoms with Crippen LogP contribution in [0.5, 0.6) is 0 Å². The summed E-state index contributed by atoms with van der Waals surface area (Å²) in [7, 11) is 0. The van der Waals surface area contributed by atoms with E-state index in [2.05, 4.69) is 4.74 Å². The van der Waals surface area contributed by atoms with Crippen LogP contribution < -0.4 is 0 Å². The Labute approximate surface area is 90.2 Å². The standard InChI is InChI=1S/C7H6BrF5O2/c1-2-15-5(14)3-4(9)6(10,11)7(8,12)13/h3H,2H2,1H3. The summed E-state index contributed by atoms with van der Waals surface area (Å²) in [6.45, 7) is 1.17. The second-order valence-corrected chi connectivity index (χ2v) is 3.31. The Kier molecular flexibility index (Phi) is 4.69. The maximum absolute atomic E-state index is 12.6. The molecule has 0 rings (SSSR count). The van der Waals surface area contributed by atoms with E-state index in [-0.39, 0.29) is 12.7 Å². The van der Waals surface area contributed by atoms with Crippen molar-refractivity contribution < 1.29 is 31.5 Å². The molecular formula is C7H6BrF5O2. The number of allylic oxidation sites excluding steroid dienone is 1. The molecule has 88 valence electrons. The van der Waals surface area contributed by atoms with E-state index in [1.165, 1.54) is 22.9 Å². The third kappa shape index (κ3) is 3.77.